The van der Waals surface area contributed by atoms with E-state index in [9.17, 15) is 4.79 Å². The number of ether oxygens (including phenoxy) is 2. The summed E-state index contributed by atoms with van der Waals surface area (Å²) in [6.07, 6.45) is 2.42. The number of anilines is 1. The summed E-state index contributed by atoms with van der Waals surface area (Å²) in [6.45, 7) is 0.731. The van der Waals surface area contributed by atoms with Crippen molar-refractivity contribution in [2.45, 2.75) is 12.8 Å². The Bertz CT molecular complexity index is 638. The second-order valence-corrected chi connectivity index (χ2v) is 5.91. The third-order valence-electron chi connectivity index (χ3n) is 3.30. The maximum Gasteiger partial charge on any atom is 0.252 e. The van der Waals surface area contributed by atoms with E-state index >= 15 is 0 Å². The number of nitrogens with one attached hydrogen (secondary N) is 1. The van der Waals surface area contributed by atoms with Crippen LogP contribution >= 0.6 is 11.5 Å². The molecule has 1 aliphatic rings. The van der Waals surface area contributed by atoms with Crippen LogP contribution in [0, 0.1) is 5.92 Å². The summed E-state index contributed by atoms with van der Waals surface area (Å²) in [4.78, 5) is 16.0. The number of nitrogens with zero attached hydrogens (tertiary/aromatic N) is 2. The van der Waals surface area contributed by atoms with Crippen molar-refractivity contribution in [2.75, 3.05) is 25.6 Å². The van der Waals surface area contributed by atoms with E-state index < -0.39 is 0 Å². The van der Waals surface area contributed by atoms with Crippen molar-refractivity contribution in [3.8, 4) is 17.1 Å². The first kappa shape index (κ1) is 14.9. The molecule has 0 spiro atoms. The number of carbonyl (C=O) groups is 1. The fourth-order valence-electron chi connectivity index (χ4n) is 1.89. The normalized spacial score (nSPS) is 13.9. The standard InChI is InChI=1S/C15H17N3O3S/c1-20-12-6-4-11(5-7-12)14-17-15(22-18-14)16-13(19)9-21-8-10-2-3-10/h4-7,10H,2-3,8-9H2,1H3,(H,16,17,18,19). The molecule has 0 aliphatic heterocycles. The van der Waals surface area contributed by atoms with E-state index in [1.807, 2.05) is 24.3 Å². The lowest BCUT2D eigenvalue weighted by atomic mass is 10.2. The van der Waals surface area contributed by atoms with E-state index in [1.54, 1.807) is 7.11 Å². The van der Waals surface area contributed by atoms with Gasteiger partial charge in [-0.25, -0.2) is 0 Å². The van der Waals surface area contributed by atoms with Gasteiger partial charge in [0.25, 0.3) is 5.91 Å². The third kappa shape index (κ3) is 4.02. The van der Waals surface area contributed by atoms with E-state index in [0.717, 1.165) is 22.8 Å². The number of methoxy groups -OCH3 is 1. The van der Waals surface area contributed by atoms with E-state index in [0.29, 0.717) is 23.5 Å². The summed E-state index contributed by atoms with van der Waals surface area (Å²) in [6, 6.07) is 7.46. The summed E-state index contributed by atoms with van der Waals surface area (Å²) < 4.78 is 14.7. The number of rotatable bonds is 7. The highest BCUT2D eigenvalue weighted by atomic mass is 32.1. The lowest BCUT2D eigenvalue weighted by Gasteiger charge is -2.02. The largest absolute Gasteiger partial charge is 0.497 e. The maximum atomic E-state index is 11.7. The van der Waals surface area contributed by atoms with Gasteiger partial charge in [0.15, 0.2) is 5.82 Å². The van der Waals surface area contributed by atoms with E-state index in [2.05, 4.69) is 14.7 Å². The molecule has 1 heterocycles. The minimum absolute atomic E-state index is 0.0634. The fourth-order valence-corrected chi connectivity index (χ4v) is 2.50. The lowest BCUT2D eigenvalue weighted by Crippen LogP contribution is -2.18. The van der Waals surface area contributed by atoms with Crippen molar-refractivity contribution in [2.24, 2.45) is 5.92 Å². The molecule has 1 aromatic heterocycles. The minimum Gasteiger partial charge on any atom is -0.497 e. The van der Waals surface area contributed by atoms with Crippen LogP contribution in [0.5, 0.6) is 5.75 Å². The summed E-state index contributed by atoms with van der Waals surface area (Å²) in [5.41, 5.74) is 0.877. The van der Waals surface area contributed by atoms with Gasteiger partial charge in [-0.05, 0) is 43.0 Å². The Hall–Kier alpha value is -1.99. The molecule has 0 saturated heterocycles. The van der Waals surface area contributed by atoms with Crippen LogP contribution in [0.4, 0.5) is 5.13 Å². The Morgan fingerprint density at radius 1 is 1.36 bits per heavy atom. The molecule has 22 heavy (non-hydrogen) atoms. The van der Waals surface area contributed by atoms with E-state index in [4.69, 9.17) is 9.47 Å². The molecule has 0 radical (unpaired) electrons. The molecular formula is C15H17N3O3S. The van der Waals surface area contributed by atoms with Crippen LogP contribution in [0.15, 0.2) is 24.3 Å². The van der Waals surface area contributed by atoms with Gasteiger partial charge < -0.3 is 9.47 Å². The highest BCUT2D eigenvalue weighted by molar-refractivity contribution is 7.10. The number of benzene rings is 1. The van der Waals surface area contributed by atoms with Gasteiger partial charge in [-0.1, -0.05) is 0 Å². The van der Waals surface area contributed by atoms with Crippen molar-refractivity contribution in [3.63, 3.8) is 0 Å². The van der Waals surface area contributed by atoms with Gasteiger partial charge in [-0.2, -0.15) is 9.36 Å². The van der Waals surface area contributed by atoms with Gasteiger partial charge in [0.05, 0.1) is 13.7 Å². The van der Waals surface area contributed by atoms with Crippen molar-refractivity contribution in [3.05, 3.63) is 24.3 Å². The van der Waals surface area contributed by atoms with Crippen molar-refractivity contribution in [1.29, 1.82) is 0 Å². The Morgan fingerprint density at radius 2 is 2.14 bits per heavy atom. The summed E-state index contributed by atoms with van der Waals surface area (Å²) in [7, 11) is 1.62. The lowest BCUT2D eigenvalue weighted by molar-refractivity contribution is -0.120. The molecule has 3 rings (SSSR count). The van der Waals surface area contributed by atoms with Crippen LogP contribution < -0.4 is 10.1 Å². The van der Waals surface area contributed by atoms with Crippen LogP contribution in [-0.4, -0.2) is 35.6 Å². The first-order valence-corrected chi connectivity index (χ1v) is 7.87. The predicted octanol–water partition coefficient (Wildman–Crippen LogP) is 2.58. The van der Waals surface area contributed by atoms with Gasteiger partial charge in [-0.3, -0.25) is 10.1 Å². The van der Waals surface area contributed by atoms with Gasteiger partial charge in [0, 0.05) is 17.1 Å². The fraction of sp³-hybridized carbons (Fsp3) is 0.400. The summed E-state index contributed by atoms with van der Waals surface area (Å²) in [5, 5.41) is 3.18. The number of amides is 1. The zero-order chi connectivity index (χ0) is 15.4. The molecule has 1 N–H and O–H groups in total. The monoisotopic (exact) mass is 319 g/mol. The Kier molecular flexibility index (Phi) is 4.65. The Balaban J connectivity index is 1.54. The molecule has 2 aromatic rings. The molecule has 6 nitrogen and oxygen atoms in total. The van der Waals surface area contributed by atoms with Gasteiger partial charge >= 0.3 is 0 Å². The first-order chi connectivity index (χ1) is 10.7. The zero-order valence-corrected chi connectivity index (χ0v) is 13.1. The smallest absolute Gasteiger partial charge is 0.252 e. The summed E-state index contributed by atoms with van der Waals surface area (Å²) in [5.74, 6) is 1.82. The molecule has 0 atom stereocenters. The average molecular weight is 319 g/mol. The predicted molar refractivity (Wildman–Crippen MR) is 84.1 cm³/mol. The Labute approximate surface area is 132 Å². The zero-order valence-electron chi connectivity index (χ0n) is 12.2. The molecule has 1 amide bonds. The molecule has 0 bridgehead atoms. The minimum atomic E-state index is -0.196. The molecule has 1 saturated carbocycles. The SMILES string of the molecule is COc1ccc(-c2nsc(NC(=O)COCC3CC3)n2)cc1. The summed E-state index contributed by atoms with van der Waals surface area (Å²) >= 11 is 1.15. The van der Waals surface area contributed by atoms with Crippen LogP contribution in [0.1, 0.15) is 12.8 Å². The molecule has 116 valence electrons. The quantitative estimate of drug-likeness (QED) is 0.849. The second-order valence-electron chi connectivity index (χ2n) is 5.16. The van der Waals surface area contributed by atoms with Crippen LogP contribution in [0.3, 0.4) is 0 Å². The van der Waals surface area contributed by atoms with Crippen molar-refractivity contribution < 1.29 is 14.3 Å². The third-order valence-corrected chi connectivity index (χ3v) is 3.93. The number of hydrogen-bond acceptors (Lipinski definition) is 6. The molecular weight excluding hydrogens is 302 g/mol. The van der Waals surface area contributed by atoms with Crippen molar-refractivity contribution in [1.82, 2.24) is 9.36 Å². The van der Waals surface area contributed by atoms with E-state index in [1.165, 1.54) is 12.8 Å². The highest BCUT2D eigenvalue weighted by Gasteiger charge is 2.21. The topological polar surface area (TPSA) is 73.3 Å². The van der Waals surface area contributed by atoms with Crippen molar-refractivity contribution >= 4 is 22.6 Å². The van der Waals surface area contributed by atoms with Gasteiger partial charge in [0.1, 0.15) is 12.4 Å². The molecule has 1 aliphatic carbocycles. The maximum absolute atomic E-state index is 11.7. The molecule has 7 heteroatoms. The van der Waals surface area contributed by atoms with Gasteiger partial charge in [-0.15, -0.1) is 0 Å². The van der Waals surface area contributed by atoms with Crippen LogP contribution in [0.25, 0.3) is 11.4 Å². The van der Waals surface area contributed by atoms with Crippen LogP contribution in [-0.2, 0) is 9.53 Å². The Morgan fingerprint density at radius 3 is 2.82 bits per heavy atom. The average Bonchev–Trinajstić information content (AvgIpc) is 3.24. The highest BCUT2D eigenvalue weighted by Crippen LogP contribution is 2.28. The molecule has 1 aromatic carbocycles. The number of carbonyl (C=O) groups excluding carboxylic acids is 1. The van der Waals surface area contributed by atoms with E-state index in [-0.39, 0.29) is 12.5 Å². The number of aromatic nitrogens is 2. The van der Waals surface area contributed by atoms with Gasteiger partial charge in [0.2, 0.25) is 5.13 Å². The van der Waals surface area contributed by atoms with Crippen LogP contribution in [0.2, 0.25) is 0 Å². The first-order valence-electron chi connectivity index (χ1n) is 7.10. The second kappa shape index (κ2) is 6.85. The molecule has 1 fully saturated rings. The number of hydrogen-bond donors (Lipinski definition) is 1. The molecule has 0 unspecified atom stereocenters.